The molecule has 0 radical (unpaired) electrons. The highest BCUT2D eigenvalue weighted by Crippen LogP contribution is 2.29. The number of hydrogen-bond acceptors (Lipinski definition) is 2. The van der Waals surface area contributed by atoms with Crippen molar-refractivity contribution < 1.29 is 4.79 Å². The minimum atomic E-state index is 0.374. The predicted molar refractivity (Wildman–Crippen MR) is 78.8 cm³/mol. The molecule has 2 fully saturated rings. The standard InChI is InChI=1S/C16H30N2O/c1-12-5-3-6-13(2)18(12)16(19)10-9-14-7-4-8-15(17)11-14/h12-15H,3-11,17H2,1-2H3. The van der Waals surface area contributed by atoms with Crippen LogP contribution in [0.4, 0.5) is 0 Å². The van der Waals surface area contributed by atoms with Crippen LogP contribution in [0.1, 0.15) is 71.6 Å². The number of hydrogen-bond donors (Lipinski definition) is 1. The largest absolute Gasteiger partial charge is 0.337 e. The molecule has 1 aliphatic carbocycles. The van der Waals surface area contributed by atoms with E-state index in [4.69, 9.17) is 5.73 Å². The van der Waals surface area contributed by atoms with Crippen LogP contribution in [0.25, 0.3) is 0 Å². The first-order valence-corrected chi connectivity index (χ1v) is 8.14. The molecule has 1 saturated carbocycles. The number of rotatable bonds is 3. The lowest BCUT2D eigenvalue weighted by Gasteiger charge is -2.39. The summed E-state index contributed by atoms with van der Waals surface area (Å²) in [6.07, 6.45) is 10.2. The molecular weight excluding hydrogens is 236 g/mol. The van der Waals surface area contributed by atoms with Gasteiger partial charge in [-0.3, -0.25) is 4.79 Å². The zero-order valence-electron chi connectivity index (χ0n) is 12.6. The van der Waals surface area contributed by atoms with Gasteiger partial charge in [-0.15, -0.1) is 0 Å². The molecule has 1 amide bonds. The van der Waals surface area contributed by atoms with Gasteiger partial charge in [-0.05, 0) is 58.3 Å². The van der Waals surface area contributed by atoms with Gasteiger partial charge in [-0.2, -0.15) is 0 Å². The molecule has 0 aromatic carbocycles. The Kier molecular flexibility index (Phi) is 5.26. The van der Waals surface area contributed by atoms with Gasteiger partial charge >= 0.3 is 0 Å². The highest BCUT2D eigenvalue weighted by atomic mass is 16.2. The molecule has 3 heteroatoms. The fourth-order valence-electron chi connectivity index (χ4n) is 3.96. The normalized spacial score (nSPS) is 36.3. The Morgan fingerprint density at radius 2 is 1.74 bits per heavy atom. The average Bonchev–Trinajstić information content (AvgIpc) is 2.36. The molecule has 2 N–H and O–H groups in total. The molecule has 2 aliphatic rings. The van der Waals surface area contributed by atoms with E-state index in [9.17, 15) is 4.79 Å². The van der Waals surface area contributed by atoms with Crippen LogP contribution in [0, 0.1) is 5.92 Å². The van der Waals surface area contributed by atoms with Crippen LogP contribution in [-0.4, -0.2) is 28.9 Å². The Hall–Kier alpha value is -0.570. The topological polar surface area (TPSA) is 46.3 Å². The molecule has 4 unspecified atom stereocenters. The number of likely N-dealkylation sites (tertiary alicyclic amines) is 1. The van der Waals surface area contributed by atoms with Gasteiger partial charge in [-0.1, -0.05) is 12.8 Å². The Morgan fingerprint density at radius 3 is 2.37 bits per heavy atom. The second-order valence-corrected chi connectivity index (χ2v) is 6.76. The molecule has 3 nitrogen and oxygen atoms in total. The number of carbonyl (C=O) groups excluding carboxylic acids is 1. The smallest absolute Gasteiger partial charge is 0.223 e. The lowest BCUT2D eigenvalue weighted by atomic mass is 9.83. The molecule has 1 aliphatic heterocycles. The first-order valence-electron chi connectivity index (χ1n) is 8.14. The van der Waals surface area contributed by atoms with E-state index in [-0.39, 0.29) is 0 Å². The van der Waals surface area contributed by atoms with Crippen molar-refractivity contribution in [2.45, 2.75) is 89.8 Å². The lowest BCUT2D eigenvalue weighted by Crippen LogP contribution is -2.47. The summed E-state index contributed by atoms with van der Waals surface area (Å²) in [5.41, 5.74) is 6.02. The van der Waals surface area contributed by atoms with E-state index in [0.717, 1.165) is 19.3 Å². The van der Waals surface area contributed by atoms with Crippen molar-refractivity contribution in [3.05, 3.63) is 0 Å². The van der Waals surface area contributed by atoms with Gasteiger partial charge in [0.25, 0.3) is 0 Å². The van der Waals surface area contributed by atoms with Crippen molar-refractivity contribution in [3.63, 3.8) is 0 Å². The van der Waals surface area contributed by atoms with Gasteiger partial charge in [0.15, 0.2) is 0 Å². The van der Waals surface area contributed by atoms with Crippen LogP contribution in [0.5, 0.6) is 0 Å². The van der Waals surface area contributed by atoms with E-state index in [1.807, 2.05) is 0 Å². The number of nitrogens with zero attached hydrogens (tertiary/aromatic N) is 1. The van der Waals surface area contributed by atoms with Crippen LogP contribution in [0.3, 0.4) is 0 Å². The second-order valence-electron chi connectivity index (χ2n) is 6.76. The van der Waals surface area contributed by atoms with E-state index in [0.29, 0.717) is 30.0 Å². The third-order valence-corrected chi connectivity index (χ3v) is 5.07. The third kappa shape index (κ3) is 3.95. The molecule has 1 saturated heterocycles. The van der Waals surface area contributed by atoms with Crippen LogP contribution in [0.15, 0.2) is 0 Å². The van der Waals surface area contributed by atoms with E-state index in [1.54, 1.807) is 0 Å². The number of piperidine rings is 1. The Bertz CT molecular complexity index is 295. The number of amides is 1. The molecule has 110 valence electrons. The monoisotopic (exact) mass is 266 g/mol. The molecule has 0 bridgehead atoms. The zero-order chi connectivity index (χ0) is 13.8. The van der Waals surface area contributed by atoms with E-state index in [2.05, 4.69) is 18.7 Å². The number of carbonyl (C=O) groups is 1. The highest BCUT2D eigenvalue weighted by molar-refractivity contribution is 5.77. The maximum atomic E-state index is 12.4. The zero-order valence-corrected chi connectivity index (χ0v) is 12.6. The third-order valence-electron chi connectivity index (χ3n) is 5.07. The summed E-state index contributed by atoms with van der Waals surface area (Å²) in [5, 5.41) is 0. The van der Waals surface area contributed by atoms with E-state index in [1.165, 1.54) is 38.5 Å². The Labute approximate surface area is 117 Å². The van der Waals surface area contributed by atoms with Crippen LogP contribution in [0.2, 0.25) is 0 Å². The molecular formula is C16H30N2O. The summed E-state index contributed by atoms with van der Waals surface area (Å²) in [6.45, 7) is 4.40. The van der Waals surface area contributed by atoms with Gasteiger partial charge in [0.2, 0.25) is 5.91 Å². The molecule has 19 heavy (non-hydrogen) atoms. The summed E-state index contributed by atoms with van der Waals surface area (Å²) in [5.74, 6) is 1.06. The predicted octanol–water partition coefficient (Wildman–Crippen LogP) is 3.07. The highest BCUT2D eigenvalue weighted by Gasteiger charge is 2.29. The summed E-state index contributed by atoms with van der Waals surface area (Å²) in [4.78, 5) is 14.6. The second kappa shape index (κ2) is 6.74. The average molecular weight is 266 g/mol. The summed E-state index contributed by atoms with van der Waals surface area (Å²) in [7, 11) is 0. The molecule has 0 spiro atoms. The van der Waals surface area contributed by atoms with Gasteiger partial charge in [-0.25, -0.2) is 0 Å². The quantitative estimate of drug-likeness (QED) is 0.853. The molecule has 0 aromatic rings. The van der Waals surface area contributed by atoms with Crippen molar-refractivity contribution in [1.29, 1.82) is 0 Å². The van der Waals surface area contributed by atoms with Crippen molar-refractivity contribution in [3.8, 4) is 0 Å². The first-order chi connectivity index (χ1) is 9.08. The van der Waals surface area contributed by atoms with Crippen LogP contribution in [-0.2, 0) is 4.79 Å². The van der Waals surface area contributed by atoms with E-state index >= 15 is 0 Å². The maximum absolute atomic E-state index is 12.4. The van der Waals surface area contributed by atoms with Crippen molar-refractivity contribution in [2.75, 3.05) is 0 Å². The fraction of sp³-hybridized carbons (Fsp3) is 0.938. The van der Waals surface area contributed by atoms with Crippen molar-refractivity contribution in [1.82, 2.24) is 4.90 Å². The van der Waals surface area contributed by atoms with Gasteiger partial charge < -0.3 is 10.6 Å². The molecule has 1 heterocycles. The summed E-state index contributed by atoms with van der Waals surface area (Å²) < 4.78 is 0. The Morgan fingerprint density at radius 1 is 1.11 bits per heavy atom. The van der Waals surface area contributed by atoms with Crippen molar-refractivity contribution in [2.24, 2.45) is 11.7 Å². The van der Waals surface area contributed by atoms with Crippen LogP contribution < -0.4 is 5.73 Å². The van der Waals surface area contributed by atoms with Gasteiger partial charge in [0, 0.05) is 24.5 Å². The minimum Gasteiger partial charge on any atom is -0.337 e. The molecule has 2 rings (SSSR count). The lowest BCUT2D eigenvalue weighted by molar-refractivity contribution is -0.137. The van der Waals surface area contributed by atoms with Crippen LogP contribution >= 0.6 is 0 Å². The Balaban J connectivity index is 1.79. The van der Waals surface area contributed by atoms with Gasteiger partial charge in [0.1, 0.15) is 0 Å². The summed E-state index contributed by atoms with van der Waals surface area (Å²) >= 11 is 0. The molecule has 4 atom stereocenters. The minimum absolute atomic E-state index is 0.374. The fourth-order valence-corrected chi connectivity index (χ4v) is 3.96. The maximum Gasteiger partial charge on any atom is 0.223 e. The first kappa shape index (κ1) is 14.8. The number of nitrogens with two attached hydrogens (primary N) is 1. The van der Waals surface area contributed by atoms with E-state index < -0.39 is 0 Å². The van der Waals surface area contributed by atoms with Crippen molar-refractivity contribution >= 4 is 5.91 Å². The summed E-state index contributed by atoms with van der Waals surface area (Å²) in [6, 6.07) is 1.25. The molecule has 0 aromatic heterocycles. The van der Waals surface area contributed by atoms with Gasteiger partial charge in [0.05, 0.1) is 0 Å². The SMILES string of the molecule is CC1CCCC(C)N1C(=O)CCC1CCCC(N)C1.